The monoisotopic (exact) mass is 207 g/mol. The Bertz CT molecular complexity index is 361. The van der Waals surface area contributed by atoms with E-state index in [4.69, 9.17) is 4.42 Å². The van der Waals surface area contributed by atoms with E-state index in [0.717, 1.165) is 11.3 Å². The Morgan fingerprint density at radius 1 is 1.47 bits per heavy atom. The molecule has 82 valence electrons. The molecule has 15 heavy (non-hydrogen) atoms. The SMILES string of the molecule is CN/C(=C(\C(C)=O)C(C)C)c1ccco1. The number of carbonyl (C=O) groups is 1. The summed E-state index contributed by atoms with van der Waals surface area (Å²) < 4.78 is 5.30. The Labute approximate surface area is 90.2 Å². The van der Waals surface area contributed by atoms with Crippen LogP contribution in [0.15, 0.2) is 28.4 Å². The highest BCUT2D eigenvalue weighted by Gasteiger charge is 2.17. The van der Waals surface area contributed by atoms with E-state index in [1.165, 1.54) is 0 Å². The second-order valence-electron chi connectivity index (χ2n) is 3.73. The van der Waals surface area contributed by atoms with Crippen LogP contribution in [0.1, 0.15) is 26.5 Å². The molecule has 0 amide bonds. The Balaban J connectivity index is 3.26. The number of hydrogen-bond acceptors (Lipinski definition) is 3. The summed E-state index contributed by atoms with van der Waals surface area (Å²) in [5, 5.41) is 3.03. The largest absolute Gasteiger partial charge is 0.463 e. The van der Waals surface area contributed by atoms with Crippen LogP contribution in [-0.2, 0) is 4.79 Å². The molecule has 0 unspecified atom stereocenters. The van der Waals surface area contributed by atoms with Crippen molar-refractivity contribution >= 4 is 11.5 Å². The number of hydrogen-bond donors (Lipinski definition) is 1. The summed E-state index contributed by atoms with van der Waals surface area (Å²) in [5.41, 5.74) is 1.55. The standard InChI is InChI=1S/C12H17NO2/c1-8(2)11(9(3)14)12(13-4)10-6-5-7-15-10/h5-8,13H,1-4H3/b12-11-. The number of allylic oxidation sites excluding steroid dienone is 1. The Morgan fingerprint density at radius 2 is 2.13 bits per heavy atom. The second-order valence-corrected chi connectivity index (χ2v) is 3.73. The van der Waals surface area contributed by atoms with Crippen LogP contribution < -0.4 is 5.32 Å². The maximum absolute atomic E-state index is 11.5. The highest BCUT2D eigenvalue weighted by molar-refractivity contribution is 6.00. The third-order valence-corrected chi connectivity index (χ3v) is 2.24. The van der Waals surface area contributed by atoms with Crippen LogP contribution in [0.3, 0.4) is 0 Å². The van der Waals surface area contributed by atoms with Crippen molar-refractivity contribution in [1.82, 2.24) is 5.32 Å². The van der Waals surface area contributed by atoms with Crippen molar-refractivity contribution < 1.29 is 9.21 Å². The molecule has 0 radical (unpaired) electrons. The lowest BCUT2D eigenvalue weighted by Gasteiger charge is -2.14. The first-order valence-electron chi connectivity index (χ1n) is 5.04. The van der Waals surface area contributed by atoms with Gasteiger partial charge in [0.1, 0.15) is 5.76 Å². The average molecular weight is 207 g/mol. The van der Waals surface area contributed by atoms with Gasteiger partial charge in [-0.3, -0.25) is 4.79 Å². The van der Waals surface area contributed by atoms with Gasteiger partial charge in [0.2, 0.25) is 0 Å². The molecule has 0 aliphatic heterocycles. The van der Waals surface area contributed by atoms with Crippen LogP contribution >= 0.6 is 0 Å². The topological polar surface area (TPSA) is 42.2 Å². The van der Waals surface area contributed by atoms with Crippen LogP contribution in [0.25, 0.3) is 5.70 Å². The van der Waals surface area contributed by atoms with E-state index < -0.39 is 0 Å². The van der Waals surface area contributed by atoms with E-state index in [-0.39, 0.29) is 11.7 Å². The number of Topliss-reactive ketones (excluding diaryl/α,β-unsaturated/α-hetero) is 1. The molecule has 0 saturated heterocycles. The molecule has 3 heteroatoms. The van der Waals surface area contributed by atoms with Crippen molar-refractivity contribution in [3.05, 3.63) is 29.7 Å². The fourth-order valence-electron chi connectivity index (χ4n) is 1.68. The summed E-state index contributed by atoms with van der Waals surface area (Å²) in [6.07, 6.45) is 1.60. The summed E-state index contributed by atoms with van der Waals surface area (Å²) in [5.74, 6) is 0.956. The van der Waals surface area contributed by atoms with Crippen LogP contribution in [0, 0.1) is 5.92 Å². The predicted molar refractivity (Wildman–Crippen MR) is 60.2 cm³/mol. The average Bonchev–Trinajstić information content (AvgIpc) is 2.64. The van der Waals surface area contributed by atoms with Crippen LogP contribution in [-0.4, -0.2) is 12.8 Å². The third-order valence-electron chi connectivity index (χ3n) is 2.24. The fourth-order valence-corrected chi connectivity index (χ4v) is 1.68. The van der Waals surface area contributed by atoms with Crippen molar-refractivity contribution in [2.45, 2.75) is 20.8 Å². The first-order chi connectivity index (χ1) is 7.07. The summed E-state index contributed by atoms with van der Waals surface area (Å²) in [6.45, 7) is 5.57. The van der Waals surface area contributed by atoms with Gasteiger partial charge >= 0.3 is 0 Å². The molecule has 0 saturated carbocycles. The van der Waals surface area contributed by atoms with Gasteiger partial charge < -0.3 is 9.73 Å². The highest BCUT2D eigenvalue weighted by atomic mass is 16.3. The van der Waals surface area contributed by atoms with Crippen molar-refractivity contribution in [3.63, 3.8) is 0 Å². The number of carbonyl (C=O) groups excluding carboxylic acids is 1. The lowest BCUT2D eigenvalue weighted by molar-refractivity contribution is -0.114. The summed E-state index contributed by atoms with van der Waals surface area (Å²) >= 11 is 0. The van der Waals surface area contributed by atoms with E-state index in [2.05, 4.69) is 5.32 Å². The van der Waals surface area contributed by atoms with Crippen LogP contribution in [0.2, 0.25) is 0 Å². The van der Waals surface area contributed by atoms with Gasteiger partial charge in [-0.15, -0.1) is 0 Å². The molecule has 1 rings (SSSR count). The van der Waals surface area contributed by atoms with Gasteiger partial charge in [0.25, 0.3) is 0 Å². The molecule has 0 fully saturated rings. The van der Waals surface area contributed by atoms with Gasteiger partial charge in [-0.25, -0.2) is 0 Å². The molecule has 1 N–H and O–H groups in total. The maximum atomic E-state index is 11.5. The van der Waals surface area contributed by atoms with E-state index in [1.807, 2.05) is 26.0 Å². The lowest BCUT2D eigenvalue weighted by Crippen LogP contribution is -2.15. The Kier molecular flexibility index (Phi) is 3.72. The van der Waals surface area contributed by atoms with Gasteiger partial charge in [0.15, 0.2) is 5.78 Å². The molecule has 0 aliphatic carbocycles. The Morgan fingerprint density at radius 3 is 2.47 bits per heavy atom. The van der Waals surface area contributed by atoms with E-state index in [1.54, 1.807) is 20.2 Å². The van der Waals surface area contributed by atoms with Crippen molar-refractivity contribution in [1.29, 1.82) is 0 Å². The van der Waals surface area contributed by atoms with E-state index in [9.17, 15) is 4.79 Å². The minimum absolute atomic E-state index is 0.0748. The quantitative estimate of drug-likeness (QED) is 0.771. The molecular formula is C12H17NO2. The first kappa shape index (κ1) is 11.6. The molecule has 0 atom stereocenters. The van der Waals surface area contributed by atoms with Crippen molar-refractivity contribution in [2.75, 3.05) is 7.05 Å². The van der Waals surface area contributed by atoms with Crippen molar-refractivity contribution in [3.8, 4) is 0 Å². The van der Waals surface area contributed by atoms with Gasteiger partial charge in [0, 0.05) is 12.6 Å². The summed E-state index contributed by atoms with van der Waals surface area (Å²) in [6, 6.07) is 3.65. The van der Waals surface area contributed by atoms with Gasteiger partial charge in [-0.1, -0.05) is 13.8 Å². The predicted octanol–water partition coefficient (Wildman–Crippen LogP) is 2.46. The number of nitrogens with one attached hydrogen (secondary N) is 1. The highest BCUT2D eigenvalue weighted by Crippen LogP contribution is 2.22. The van der Waals surface area contributed by atoms with E-state index in [0.29, 0.717) is 5.76 Å². The van der Waals surface area contributed by atoms with Gasteiger partial charge in [-0.05, 0) is 25.0 Å². The molecule has 0 aliphatic rings. The lowest BCUT2D eigenvalue weighted by atomic mass is 9.96. The maximum Gasteiger partial charge on any atom is 0.158 e. The molecule has 0 aromatic carbocycles. The second kappa shape index (κ2) is 4.82. The molecule has 0 bridgehead atoms. The minimum Gasteiger partial charge on any atom is -0.463 e. The normalized spacial score (nSPS) is 12.6. The molecule has 3 nitrogen and oxygen atoms in total. The number of rotatable bonds is 4. The molecule has 1 aromatic heterocycles. The molecule has 0 spiro atoms. The van der Waals surface area contributed by atoms with Crippen LogP contribution in [0.5, 0.6) is 0 Å². The minimum atomic E-state index is 0.0748. The molecule has 1 heterocycles. The summed E-state index contributed by atoms with van der Waals surface area (Å²) in [7, 11) is 1.79. The summed E-state index contributed by atoms with van der Waals surface area (Å²) in [4.78, 5) is 11.5. The van der Waals surface area contributed by atoms with Gasteiger partial charge in [0.05, 0.1) is 12.0 Å². The van der Waals surface area contributed by atoms with Crippen molar-refractivity contribution in [2.24, 2.45) is 5.92 Å². The smallest absolute Gasteiger partial charge is 0.158 e. The zero-order chi connectivity index (χ0) is 11.4. The first-order valence-corrected chi connectivity index (χ1v) is 5.04. The zero-order valence-electron chi connectivity index (χ0n) is 9.63. The molecule has 1 aromatic rings. The number of ketones is 1. The fraction of sp³-hybridized carbons (Fsp3) is 0.417. The molecular weight excluding hydrogens is 190 g/mol. The third kappa shape index (κ3) is 2.49. The number of furan rings is 1. The van der Waals surface area contributed by atoms with Crippen LogP contribution in [0.4, 0.5) is 0 Å². The van der Waals surface area contributed by atoms with Gasteiger partial charge in [-0.2, -0.15) is 0 Å². The van der Waals surface area contributed by atoms with E-state index >= 15 is 0 Å². The Hall–Kier alpha value is -1.51. The zero-order valence-corrected chi connectivity index (χ0v) is 9.63.